The second-order valence-corrected chi connectivity index (χ2v) is 7.33. The first-order chi connectivity index (χ1) is 12.5. The van der Waals surface area contributed by atoms with Crippen LogP contribution in [0.25, 0.3) is 0 Å². The third kappa shape index (κ3) is 4.52. The van der Waals surface area contributed by atoms with Crippen molar-refractivity contribution in [3.8, 4) is 5.75 Å². The predicted molar refractivity (Wildman–Crippen MR) is 107 cm³/mol. The van der Waals surface area contributed by atoms with Crippen LogP contribution in [0.5, 0.6) is 5.75 Å². The van der Waals surface area contributed by atoms with Gasteiger partial charge in [-0.25, -0.2) is 0 Å². The van der Waals surface area contributed by atoms with Crippen LogP contribution in [0.1, 0.15) is 22.3 Å². The summed E-state index contributed by atoms with van der Waals surface area (Å²) in [6.07, 6.45) is 2.33. The SMILES string of the molecule is COc1ccc(/C=N\N=C2/NC(=O)[C@@H](Cc3ccc(C)c(C)c3)S2)cc1. The van der Waals surface area contributed by atoms with Gasteiger partial charge in [0.25, 0.3) is 0 Å². The predicted octanol–water partition coefficient (Wildman–Crippen LogP) is 3.48. The fourth-order valence-corrected chi connectivity index (χ4v) is 3.53. The lowest BCUT2D eigenvalue weighted by atomic mass is 10.0. The van der Waals surface area contributed by atoms with Crippen molar-refractivity contribution in [3.63, 3.8) is 0 Å². The summed E-state index contributed by atoms with van der Waals surface area (Å²) in [6, 6.07) is 13.8. The van der Waals surface area contributed by atoms with E-state index in [1.54, 1.807) is 13.3 Å². The topological polar surface area (TPSA) is 63.1 Å². The molecular formula is C20H21N3O2S. The molecule has 0 aliphatic carbocycles. The lowest BCUT2D eigenvalue weighted by Gasteiger charge is -2.07. The Kier molecular flexibility index (Phi) is 5.73. The number of amidine groups is 1. The monoisotopic (exact) mass is 367 g/mol. The van der Waals surface area contributed by atoms with E-state index in [9.17, 15) is 4.79 Å². The second kappa shape index (κ2) is 8.19. The molecule has 1 aliphatic rings. The van der Waals surface area contributed by atoms with Crippen molar-refractivity contribution in [3.05, 3.63) is 64.7 Å². The summed E-state index contributed by atoms with van der Waals surface area (Å²) in [5.41, 5.74) is 4.57. The van der Waals surface area contributed by atoms with Crippen molar-refractivity contribution in [1.82, 2.24) is 5.32 Å². The maximum atomic E-state index is 12.2. The minimum atomic E-state index is -0.174. The molecule has 0 saturated carbocycles. The summed E-state index contributed by atoms with van der Waals surface area (Å²) in [7, 11) is 1.63. The Morgan fingerprint density at radius 3 is 2.62 bits per heavy atom. The summed E-state index contributed by atoms with van der Waals surface area (Å²) in [6.45, 7) is 4.17. The minimum Gasteiger partial charge on any atom is -0.497 e. The van der Waals surface area contributed by atoms with Gasteiger partial charge in [-0.3, -0.25) is 4.79 Å². The number of carbonyl (C=O) groups excluding carboxylic acids is 1. The summed E-state index contributed by atoms with van der Waals surface area (Å²) in [5.74, 6) is 0.771. The molecule has 5 nitrogen and oxygen atoms in total. The lowest BCUT2D eigenvalue weighted by molar-refractivity contribution is -0.118. The van der Waals surface area contributed by atoms with Crippen LogP contribution >= 0.6 is 11.8 Å². The zero-order valence-corrected chi connectivity index (χ0v) is 15.8. The molecule has 26 heavy (non-hydrogen) atoms. The van der Waals surface area contributed by atoms with Crippen LogP contribution in [0.15, 0.2) is 52.7 Å². The third-order valence-electron chi connectivity index (χ3n) is 4.24. The van der Waals surface area contributed by atoms with Crippen LogP contribution in [0.2, 0.25) is 0 Å². The van der Waals surface area contributed by atoms with E-state index in [1.807, 2.05) is 24.3 Å². The first-order valence-electron chi connectivity index (χ1n) is 8.34. The Hall–Kier alpha value is -2.60. The fourth-order valence-electron chi connectivity index (χ4n) is 2.57. The fraction of sp³-hybridized carbons (Fsp3) is 0.250. The van der Waals surface area contributed by atoms with Crippen molar-refractivity contribution >= 4 is 29.1 Å². The van der Waals surface area contributed by atoms with Gasteiger partial charge in [0.1, 0.15) is 5.75 Å². The molecule has 3 rings (SSSR count). The number of methoxy groups -OCH3 is 1. The molecule has 0 unspecified atom stereocenters. The minimum absolute atomic E-state index is 0.0216. The molecule has 134 valence electrons. The molecule has 1 aliphatic heterocycles. The highest BCUT2D eigenvalue weighted by atomic mass is 32.2. The zero-order chi connectivity index (χ0) is 18.5. The Balaban J connectivity index is 1.61. The molecule has 1 fully saturated rings. The normalized spacial score (nSPS) is 18.5. The smallest absolute Gasteiger partial charge is 0.239 e. The van der Waals surface area contributed by atoms with E-state index in [0.717, 1.165) is 16.9 Å². The summed E-state index contributed by atoms with van der Waals surface area (Å²) < 4.78 is 5.12. The van der Waals surface area contributed by atoms with Gasteiger partial charge in [-0.15, -0.1) is 5.10 Å². The third-order valence-corrected chi connectivity index (χ3v) is 5.31. The van der Waals surface area contributed by atoms with Crippen LogP contribution in [0, 0.1) is 13.8 Å². The Bertz CT molecular complexity index is 860. The molecular weight excluding hydrogens is 346 g/mol. The molecule has 2 aromatic rings. The first-order valence-corrected chi connectivity index (χ1v) is 9.22. The molecule has 2 aromatic carbocycles. The average Bonchev–Trinajstić information content (AvgIpc) is 2.98. The van der Waals surface area contributed by atoms with Gasteiger partial charge in [-0.2, -0.15) is 5.10 Å². The molecule has 0 spiro atoms. The summed E-state index contributed by atoms with van der Waals surface area (Å²) in [4.78, 5) is 12.2. The van der Waals surface area contributed by atoms with Gasteiger partial charge in [-0.1, -0.05) is 30.0 Å². The molecule has 0 aromatic heterocycles. The highest BCUT2D eigenvalue weighted by molar-refractivity contribution is 8.15. The standard InChI is InChI=1S/C20H21N3O2S/c1-13-4-5-16(10-14(13)2)11-18-19(24)22-20(26-18)23-21-12-15-6-8-17(25-3)9-7-15/h4-10,12,18H,11H2,1-3H3,(H,22,23,24)/b21-12-/t18-/m1/s1. The van der Waals surface area contributed by atoms with Crippen LogP contribution in [-0.4, -0.2) is 29.6 Å². The summed E-state index contributed by atoms with van der Waals surface area (Å²) in [5, 5.41) is 11.3. The van der Waals surface area contributed by atoms with Gasteiger partial charge in [0, 0.05) is 0 Å². The Morgan fingerprint density at radius 1 is 1.15 bits per heavy atom. The molecule has 1 N–H and O–H groups in total. The second-order valence-electron chi connectivity index (χ2n) is 6.14. The molecule has 0 bridgehead atoms. The number of ether oxygens (including phenoxy) is 1. The molecule has 1 atom stereocenters. The number of nitrogens with one attached hydrogen (secondary N) is 1. The average molecular weight is 367 g/mol. The number of amides is 1. The van der Waals surface area contributed by atoms with Crippen molar-refractivity contribution in [2.24, 2.45) is 10.2 Å². The molecule has 0 radical (unpaired) electrons. The Morgan fingerprint density at radius 2 is 1.92 bits per heavy atom. The van der Waals surface area contributed by atoms with Gasteiger partial charge in [0.15, 0.2) is 5.17 Å². The van der Waals surface area contributed by atoms with E-state index < -0.39 is 0 Å². The largest absolute Gasteiger partial charge is 0.497 e. The number of carbonyl (C=O) groups is 1. The van der Waals surface area contributed by atoms with Gasteiger partial charge >= 0.3 is 0 Å². The first kappa shape index (κ1) is 18.2. The van der Waals surface area contributed by atoms with Crippen LogP contribution in [0.4, 0.5) is 0 Å². The zero-order valence-electron chi connectivity index (χ0n) is 15.0. The van der Waals surface area contributed by atoms with E-state index in [0.29, 0.717) is 11.6 Å². The molecule has 6 heteroatoms. The van der Waals surface area contributed by atoms with Crippen LogP contribution < -0.4 is 10.1 Å². The highest BCUT2D eigenvalue weighted by Crippen LogP contribution is 2.24. The number of hydrogen-bond acceptors (Lipinski definition) is 5. The van der Waals surface area contributed by atoms with Crippen molar-refractivity contribution in [2.45, 2.75) is 25.5 Å². The molecule has 1 heterocycles. The van der Waals surface area contributed by atoms with Crippen LogP contribution in [-0.2, 0) is 11.2 Å². The van der Waals surface area contributed by atoms with Gasteiger partial charge in [-0.05, 0) is 66.8 Å². The highest BCUT2D eigenvalue weighted by Gasteiger charge is 2.30. The number of nitrogens with zero attached hydrogens (tertiary/aromatic N) is 2. The maximum Gasteiger partial charge on any atom is 0.239 e. The van der Waals surface area contributed by atoms with E-state index in [1.165, 1.54) is 22.9 Å². The summed E-state index contributed by atoms with van der Waals surface area (Å²) >= 11 is 1.42. The number of thioether (sulfide) groups is 1. The van der Waals surface area contributed by atoms with Gasteiger partial charge < -0.3 is 10.1 Å². The van der Waals surface area contributed by atoms with E-state index in [-0.39, 0.29) is 11.2 Å². The quantitative estimate of drug-likeness (QED) is 0.650. The number of hydrogen-bond donors (Lipinski definition) is 1. The van der Waals surface area contributed by atoms with Crippen molar-refractivity contribution in [2.75, 3.05) is 7.11 Å². The molecule has 1 saturated heterocycles. The van der Waals surface area contributed by atoms with Crippen molar-refractivity contribution < 1.29 is 9.53 Å². The number of aryl methyl sites for hydroxylation is 2. The van der Waals surface area contributed by atoms with E-state index in [2.05, 4.69) is 47.6 Å². The number of benzene rings is 2. The van der Waals surface area contributed by atoms with Gasteiger partial charge in [0.05, 0.1) is 18.6 Å². The van der Waals surface area contributed by atoms with E-state index in [4.69, 9.17) is 4.74 Å². The molecule has 1 amide bonds. The number of rotatable bonds is 5. The van der Waals surface area contributed by atoms with Crippen LogP contribution in [0.3, 0.4) is 0 Å². The van der Waals surface area contributed by atoms with E-state index >= 15 is 0 Å². The maximum absolute atomic E-state index is 12.2. The van der Waals surface area contributed by atoms with Gasteiger partial charge in [0.2, 0.25) is 5.91 Å². The Labute approximate surface area is 157 Å². The van der Waals surface area contributed by atoms with Crippen molar-refractivity contribution in [1.29, 1.82) is 0 Å². The lowest BCUT2D eigenvalue weighted by Crippen LogP contribution is -2.25.